The molecule has 1 N–H and O–H groups in total. The minimum absolute atomic E-state index is 0.0483. The van der Waals surface area contributed by atoms with Crippen molar-refractivity contribution in [2.75, 3.05) is 25.5 Å². The van der Waals surface area contributed by atoms with Crippen LogP contribution in [0.3, 0.4) is 0 Å². The maximum Gasteiger partial charge on any atom is 0.238 e. The lowest BCUT2D eigenvalue weighted by molar-refractivity contribution is -0.117. The Labute approximate surface area is 149 Å². The van der Waals surface area contributed by atoms with E-state index >= 15 is 0 Å². The third-order valence-corrected chi connectivity index (χ3v) is 4.93. The number of ether oxygens (including phenoxy) is 1. The first kappa shape index (κ1) is 17.5. The number of aryl methyl sites for hydroxylation is 2. The number of nitrogens with zero attached hydrogens (tertiary/aromatic N) is 1. The van der Waals surface area contributed by atoms with E-state index in [0.29, 0.717) is 6.54 Å². The van der Waals surface area contributed by atoms with Crippen molar-refractivity contribution < 1.29 is 9.53 Å². The average Bonchev–Trinajstić information content (AvgIpc) is 3.06. The monoisotopic (exact) mass is 338 g/mol. The normalized spacial score (nSPS) is 17.5. The molecule has 0 bridgehead atoms. The SMILES string of the molecule is COc1cccc(C2CCCN2CC(=O)Nc2c(C)cccc2C)c1. The summed E-state index contributed by atoms with van der Waals surface area (Å²) in [5.74, 6) is 0.913. The number of benzene rings is 2. The van der Waals surface area contributed by atoms with Crippen molar-refractivity contribution in [1.82, 2.24) is 4.90 Å². The van der Waals surface area contributed by atoms with Crippen molar-refractivity contribution in [2.24, 2.45) is 0 Å². The number of carbonyl (C=O) groups is 1. The quantitative estimate of drug-likeness (QED) is 0.893. The van der Waals surface area contributed by atoms with Crippen LogP contribution in [-0.4, -0.2) is 31.0 Å². The van der Waals surface area contributed by atoms with Gasteiger partial charge in [0.05, 0.1) is 13.7 Å². The van der Waals surface area contributed by atoms with Gasteiger partial charge in [0.15, 0.2) is 0 Å². The van der Waals surface area contributed by atoms with Gasteiger partial charge in [-0.15, -0.1) is 0 Å². The number of hydrogen-bond donors (Lipinski definition) is 1. The summed E-state index contributed by atoms with van der Waals surface area (Å²) in [5, 5.41) is 3.09. The molecular weight excluding hydrogens is 312 g/mol. The van der Waals surface area contributed by atoms with Gasteiger partial charge >= 0.3 is 0 Å². The molecule has 0 radical (unpaired) electrons. The maximum atomic E-state index is 12.6. The summed E-state index contributed by atoms with van der Waals surface area (Å²) in [7, 11) is 1.68. The molecule has 1 aliphatic heterocycles. The molecule has 0 saturated carbocycles. The highest BCUT2D eigenvalue weighted by molar-refractivity contribution is 5.93. The van der Waals surface area contributed by atoms with E-state index in [1.165, 1.54) is 5.56 Å². The van der Waals surface area contributed by atoms with Crippen molar-refractivity contribution in [3.8, 4) is 5.75 Å². The molecular formula is C21H26N2O2. The Morgan fingerprint density at radius 3 is 2.64 bits per heavy atom. The summed E-state index contributed by atoms with van der Waals surface area (Å²) in [5.41, 5.74) is 4.35. The van der Waals surface area contributed by atoms with Gasteiger partial charge in [-0.25, -0.2) is 0 Å². The summed E-state index contributed by atoms with van der Waals surface area (Å²) >= 11 is 0. The average molecular weight is 338 g/mol. The lowest BCUT2D eigenvalue weighted by Gasteiger charge is -2.25. The van der Waals surface area contributed by atoms with Gasteiger partial charge in [0.2, 0.25) is 5.91 Å². The highest BCUT2D eigenvalue weighted by Gasteiger charge is 2.28. The number of para-hydroxylation sites is 1. The number of anilines is 1. The summed E-state index contributed by atoms with van der Waals surface area (Å²) in [4.78, 5) is 14.9. The largest absolute Gasteiger partial charge is 0.497 e. The number of likely N-dealkylation sites (tertiary alicyclic amines) is 1. The number of hydrogen-bond acceptors (Lipinski definition) is 3. The molecule has 1 fully saturated rings. The van der Waals surface area contributed by atoms with E-state index in [-0.39, 0.29) is 11.9 Å². The van der Waals surface area contributed by atoms with E-state index in [2.05, 4.69) is 22.3 Å². The van der Waals surface area contributed by atoms with E-state index in [9.17, 15) is 4.79 Å². The van der Waals surface area contributed by atoms with Crippen molar-refractivity contribution in [3.63, 3.8) is 0 Å². The topological polar surface area (TPSA) is 41.6 Å². The summed E-state index contributed by atoms with van der Waals surface area (Å²) in [6, 6.07) is 14.5. The first-order chi connectivity index (χ1) is 12.1. The lowest BCUT2D eigenvalue weighted by atomic mass is 10.0. The van der Waals surface area contributed by atoms with Crippen LogP contribution in [0.2, 0.25) is 0 Å². The van der Waals surface area contributed by atoms with Gasteiger partial charge in [0.1, 0.15) is 5.75 Å². The number of methoxy groups -OCH3 is 1. The predicted octanol–water partition coefficient (Wildman–Crippen LogP) is 4.09. The number of amides is 1. The van der Waals surface area contributed by atoms with E-state index < -0.39 is 0 Å². The molecule has 1 saturated heterocycles. The third-order valence-electron chi connectivity index (χ3n) is 4.93. The zero-order valence-corrected chi connectivity index (χ0v) is 15.2. The van der Waals surface area contributed by atoms with Crippen LogP contribution in [0.5, 0.6) is 5.75 Å². The van der Waals surface area contributed by atoms with Crippen LogP contribution in [0, 0.1) is 13.8 Å². The van der Waals surface area contributed by atoms with Crippen LogP contribution >= 0.6 is 0 Å². The molecule has 3 rings (SSSR count). The fourth-order valence-corrected chi connectivity index (χ4v) is 3.62. The zero-order chi connectivity index (χ0) is 17.8. The van der Waals surface area contributed by atoms with Crippen LogP contribution in [0.4, 0.5) is 5.69 Å². The van der Waals surface area contributed by atoms with Crippen molar-refractivity contribution in [1.29, 1.82) is 0 Å². The van der Waals surface area contributed by atoms with Crippen LogP contribution < -0.4 is 10.1 Å². The summed E-state index contributed by atoms with van der Waals surface area (Å²) in [6.07, 6.45) is 2.18. The van der Waals surface area contributed by atoms with Crippen LogP contribution in [0.15, 0.2) is 42.5 Å². The van der Waals surface area contributed by atoms with E-state index in [4.69, 9.17) is 4.74 Å². The van der Waals surface area contributed by atoms with Crippen molar-refractivity contribution in [2.45, 2.75) is 32.7 Å². The van der Waals surface area contributed by atoms with E-state index in [1.54, 1.807) is 7.11 Å². The number of carbonyl (C=O) groups excluding carboxylic acids is 1. The lowest BCUT2D eigenvalue weighted by Crippen LogP contribution is -2.33. The Kier molecular flexibility index (Phi) is 5.39. The molecule has 0 aliphatic carbocycles. The highest BCUT2D eigenvalue weighted by atomic mass is 16.5. The Morgan fingerprint density at radius 1 is 1.20 bits per heavy atom. The molecule has 4 nitrogen and oxygen atoms in total. The van der Waals surface area contributed by atoms with Gasteiger partial charge in [-0.1, -0.05) is 30.3 Å². The molecule has 4 heteroatoms. The molecule has 1 aliphatic rings. The van der Waals surface area contributed by atoms with Gasteiger partial charge in [0, 0.05) is 11.7 Å². The molecule has 0 aromatic heterocycles. The van der Waals surface area contributed by atoms with Gasteiger partial charge in [-0.3, -0.25) is 9.69 Å². The van der Waals surface area contributed by atoms with E-state index in [1.807, 2.05) is 44.2 Å². The van der Waals surface area contributed by atoms with Crippen molar-refractivity contribution in [3.05, 3.63) is 59.2 Å². The van der Waals surface area contributed by atoms with E-state index in [0.717, 1.165) is 42.0 Å². The Morgan fingerprint density at radius 2 is 1.92 bits per heavy atom. The fourth-order valence-electron chi connectivity index (χ4n) is 3.62. The summed E-state index contributed by atoms with van der Waals surface area (Å²) in [6.45, 7) is 5.41. The van der Waals surface area contributed by atoms with Gasteiger partial charge in [-0.2, -0.15) is 0 Å². The van der Waals surface area contributed by atoms with Crippen molar-refractivity contribution >= 4 is 11.6 Å². The Balaban J connectivity index is 1.70. The molecule has 1 amide bonds. The molecule has 1 unspecified atom stereocenters. The first-order valence-corrected chi connectivity index (χ1v) is 8.82. The zero-order valence-electron chi connectivity index (χ0n) is 15.2. The van der Waals surface area contributed by atoms with Gasteiger partial charge < -0.3 is 10.1 Å². The van der Waals surface area contributed by atoms with Gasteiger partial charge in [0.25, 0.3) is 0 Å². The first-order valence-electron chi connectivity index (χ1n) is 8.82. The fraction of sp³-hybridized carbons (Fsp3) is 0.381. The molecule has 1 heterocycles. The minimum Gasteiger partial charge on any atom is -0.497 e. The predicted molar refractivity (Wildman–Crippen MR) is 101 cm³/mol. The smallest absolute Gasteiger partial charge is 0.238 e. The second kappa shape index (κ2) is 7.70. The highest BCUT2D eigenvalue weighted by Crippen LogP contribution is 2.33. The molecule has 0 spiro atoms. The molecule has 2 aromatic rings. The van der Waals surface area contributed by atoms with Crippen LogP contribution in [0.25, 0.3) is 0 Å². The second-order valence-corrected chi connectivity index (χ2v) is 6.72. The van der Waals surface area contributed by atoms with Gasteiger partial charge in [-0.05, 0) is 62.1 Å². The third kappa shape index (κ3) is 4.02. The Hall–Kier alpha value is -2.33. The molecule has 2 aromatic carbocycles. The Bertz CT molecular complexity index is 737. The molecule has 1 atom stereocenters. The molecule has 25 heavy (non-hydrogen) atoms. The number of nitrogens with one attached hydrogen (secondary N) is 1. The second-order valence-electron chi connectivity index (χ2n) is 6.72. The standard InChI is InChI=1S/C21H26N2O2/c1-15-7-4-8-16(2)21(15)22-20(24)14-23-12-6-11-19(23)17-9-5-10-18(13-17)25-3/h4-5,7-10,13,19H,6,11-12,14H2,1-3H3,(H,22,24). The minimum atomic E-state index is 0.0483. The summed E-state index contributed by atoms with van der Waals surface area (Å²) < 4.78 is 5.34. The number of rotatable bonds is 5. The maximum absolute atomic E-state index is 12.6. The van der Waals surface area contributed by atoms with Crippen LogP contribution in [-0.2, 0) is 4.79 Å². The van der Waals surface area contributed by atoms with Crippen LogP contribution in [0.1, 0.15) is 35.6 Å². The molecule has 132 valence electrons.